The molecule has 0 spiro atoms. The van der Waals surface area contributed by atoms with Crippen LogP contribution in [-0.2, 0) is 0 Å². The summed E-state index contributed by atoms with van der Waals surface area (Å²) in [6.07, 6.45) is 1.59. The maximum atomic E-state index is 12.3. The fourth-order valence-corrected chi connectivity index (χ4v) is 2.37. The van der Waals surface area contributed by atoms with E-state index in [1.54, 1.807) is 18.3 Å². The molecule has 5 nitrogen and oxygen atoms in total. The lowest BCUT2D eigenvalue weighted by Crippen LogP contribution is -2.13. The number of nitrogens with one attached hydrogen (secondary N) is 1. The van der Waals surface area contributed by atoms with Crippen LogP contribution >= 0.6 is 0 Å². The van der Waals surface area contributed by atoms with E-state index in [0.717, 1.165) is 22.0 Å². The summed E-state index contributed by atoms with van der Waals surface area (Å²) in [6, 6.07) is 16.9. The minimum absolute atomic E-state index is 0.183. The van der Waals surface area contributed by atoms with Gasteiger partial charge >= 0.3 is 0 Å². The van der Waals surface area contributed by atoms with Crippen LogP contribution < -0.4 is 11.2 Å². The first-order chi connectivity index (χ1) is 11.2. The number of nitrogens with two attached hydrogens (primary N) is 1. The molecule has 0 bridgehead atoms. The van der Waals surface area contributed by atoms with E-state index in [1.807, 2.05) is 49.4 Å². The molecular weight excluding hydrogens is 288 g/mol. The number of carbonyl (C=O) groups is 1. The van der Waals surface area contributed by atoms with Crippen LogP contribution in [0.15, 0.2) is 59.7 Å². The molecule has 2 aromatic carbocycles. The Labute approximate surface area is 133 Å². The number of hydrazone groups is 1. The van der Waals surface area contributed by atoms with E-state index < -0.39 is 0 Å². The topological polar surface area (TPSA) is 80.4 Å². The summed E-state index contributed by atoms with van der Waals surface area (Å²) >= 11 is 0. The van der Waals surface area contributed by atoms with Crippen molar-refractivity contribution >= 4 is 28.7 Å². The van der Waals surface area contributed by atoms with Crippen molar-refractivity contribution in [2.75, 3.05) is 5.32 Å². The van der Waals surface area contributed by atoms with Crippen molar-refractivity contribution in [2.24, 2.45) is 10.9 Å². The van der Waals surface area contributed by atoms with Crippen molar-refractivity contribution in [1.29, 1.82) is 0 Å². The molecular formula is C18H16N4O. The molecule has 23 heavy (non-hydrogen) atoms. The lowest BCUT2D eigenvalue weighted by atomic mass is 10.0. The number of nitrogens with zero attached hydrogens (tertiary/aromatic N) is 2. The van der Waals surface area contributed by atoms with Crippen molar-refractivity contribution in [2.45, 2.75) is 6.92 Å². The van der Waals surface area contributed by atoms with Gasteiger partial charge in [-0.1, -0.05) is 24.3 Å². The van der Waals surface area contributed by atoms with E-state index in [0.29, 0.717) is 11.4 Å². The van der Waals surface area contributed by atoms with Crippen LogP contribution in [-0.4, -0.2) is 17.1 Å². The summed E-state index contributed by atoms with van der Waals surface area (Å²) in [5, 5.41) is 8.32. The molecule has 1 aromatic heterocycles. The van der Waals surface area contributed by atoms with E-state index in [2.05, 4.69) is 15.4 Å². The molecule has 1 heterocycles. The first-order valence-electron chi connectivity index (χ1n) is 7.18. The van der Waals surface area contributed by atoms with E-state index in [9.17, 15) is 4.79 Å². The van der Waals surface area contributed by atoms with Gasteiger partial charge < -0.3 is 11.2 Å². The summed E-state index contributed by atoms with van der Waals surface area (Å²) in [5.74, 6) is 5.53. The van der Waals surface area contributed by atoms with Gasteiger partial charge in [-0.3, -0.25) is 4.79 Å². The summed E-state index contributed by atoms with van der Waals surface area (Å²) < 4.78 is 0. The van der Waals surface area contributed by atoms with Gasteiger partial charge in [0.05, 0.1) is 6.21 Å². The number of rotatable bonds is 3. The van der Waals surface area contributed by atoms with Crippen LogP contribution in [0.3, 0.4) is 0 Å². The van der Waals surface area contributed by atoms with Crippen molar-refractivity contribution < 1.29 is 4.79 Å². The third kappa shape index (κ3) is 3.35. The Morgan fingerprint density at radius 1 is 1.13 bits per heavy atom. The number of pyridine rings is 1. The zero-order valence-corrected chi connectivity index (χ0v) is 12.7. The Bertz CT molecular complexity index is 902. The van der Waals surface area contributed by atoms with Gasteiger partial charge in [-0.25, -0.2) is 4.98 Å². The highest BCUT2D eigenvalue weighted by Gasteiger charge is 2.08. The maximum Gasteiger partial charge on any atom is 0.256 e. The highest BCUT2D eigenvalue weighted by atomic mass is 16.1. The molecule has 1 amide bonds. The molecule has 0 saturated carbocycles. The first-order valence-corrected chi connectivity index (χ1v) is 7.18. The average molecular weight is 304 g/mol. The van der Waals surface area contributed by atoms with Crippen LogP contribution in [0.4, 0.5) is 5.82 Å². The molecule has 0 aliphatic rings. The lowest BCUT2D eigenvalue weighted by Gasteiger charge is -2.07. The quantitative estimate of drug-likeness (QED) is 0.443. The predicted octanol–water partition coefficient (Wildman–Crippen LogP) is 3.09. The number of hydrogen-bond donors (Lipinski definition) is 2. The van der Waals surface area contributed by atoms with Gasteiger partial charge in [0.15, 0.2) is 0 Å². The van der Waals surface area contributed by atoms with Crippen molar-refractivity contribution in [3.63, 3.8) is 0 Å². The van der Waals surface area contributed by atoms with Gasteiger partial charge in [-0.15, -0.1) is 0 Å². The Morgan fingerprint density at radius 3 is 2.70 bits per heavy atom. The van der Waals surface area contributed by atoms with E-state index in [-0.39, 0.29) is 5.91 Å². The second-order valence-electron chi connectivity index (χ2n) is 5.22. The molecule has 3 N–H and O–H groups in total. The van der Waals surface area contributed by atoms with Crippen molar-refractivity contribution in [3.05, 3.63) is 71.4 Å². The smallest absolute Gasteiger partial charge is 0.256 e. The zero-order valence-electron chi connectivity index (χ0n) is 12.7. The monoisotopic (exact) mass is 304 g/mol. The number of fused-ring (bicyclic) bond motifs is 1. The van der Waals surface area contributed by atoms with E-state index in [1.165, 1.54) is 0 Å². The Balaban J connectivity index is 1.87. The fraction of sp³-hybridized carbons (Fsp3) is 0.0556. The van der Waals surface area contributed by atoms with Crippen LogP contribution in [0, 0.1) is 6.92 Å². The molecule has 0 aliphatic carbocycles. The van der Waals surface area contributed by atoms with Crippen LogP contribution in [0.5, 0.6) is 0 Å². The Morgan fingerprint density at radius 2 is 1.91 bits per heavy atom. The third-order valence-electron chi connectivity index (χ3n) is 3.48. The summed E-state index contributed by atoms with van der Waals surface area (Å²) in [5.41, 5.74) is 2.36. The fourth-order valence-electron chi connectivity index (χ4n) is 2.37. The molecule has 5 heteroatoms. The molecule has 3 rings (SSSR count). The number of amides is 1. The summed E-state index contributed by atoms with van der Waals surface area (Å²) in [7, 11) is 0. The van der Waals surface area contributed by atoms with Crippen molar-refractivity contribution in [1.82, 2.24) is 4.98 Å². The number of anilines is 1. The molecule has 0 fully saturated rings. The third-order valence-corrected chi connectivity index (χ3v) is 3.48. The van der Waals surface area contributed by atoms with Crippen LogP contribution in [0.1, 0.15) is 21.6 Å². The molecule has 114 valence electrons. The van der Waals surface area contributed by atoms with Gasteiger partial charge in [0.1, 0.15) is 5.82 Å². The molecule has 0 unspecified atom stereocenters. The number of carbonyl (C=O) groups excluding carboxylic acids is 1. The minimum atomic E-state index is -0.183. The van der Waals surface area contributed by atoms with Gasteiger partial charge in [0, 0.05) is 11.3 Å². The highest BCUT2D eigenvalue weighted by Crippen LogP contribution is 2.18. The number of hydrogen-bond acceptors (Lipinski definition) is 4. The first kappa shape index (κ1) is 14.7. The molecule has 0 aliphatic heterocycles. The minimum Gasteiger partial charge on any atom is -0.323 e. The molecule has 0 radical (unpaired) electrons. The standard InChI is InChI=1S/C18H16N4O/c1-12-3-2-4-17(21-12)22-18(23)16-8-7-14-9-13(11-20-19)5-6-15(14)10-16/h2-11H,19H2,1H3,(H,21,22,23). The molecule has 0 saturated heterocycles. The number of aromatic nitrogens is 1. The molecule has 0 atom stereocenters. The summed E-state index contributed by atoms with van der Waals surface area (Å²) in [6.45, 7) is 1.88. The van der Waals surface area contributed by atoms with Crippen molar-refractivity contribution in [3.8, 4) is 0 Å². The number of aryl methyl sites for hydroxylation is 1. The molecule has 3 aromatic rings. The van der Waals surface area contributed by atoms with E-state index >= 15 is 0 Å². The van der Waals surface area contributed by atoms with Gasteiger partial charge in [0.2, 0.25) is 0 Å². The Kier molecular flexibility index (Phi) is 4.01. The SMILES string of the molecule is Cc1cccc(NC(=O)c2ccc3cc(C=NN)ccc3c2)n1. The zero-order chi connectivity index (χ0) is 16.2. The maximum absolute atomic E-state index is 12.3. The average Bonchev–Trinajstić information content (AvgIpc) is 2.54. The predicted molar refractivity (Wildman–Crippen MR) is 92.7 cm³/mol. The Hall–Kier alpha value is -3.21. The second kappa shape index (κ2) is 6.27. The van der Waals surface area contributed by atoms with Crippen LogP contribution in [0.2, 0.25) is 0 Å². The second-order valence-corrected chi connectivity index (χ2v) is 5.22. The lowest BCUT2D eigenvalue weighted by molar-refractivity contribution is 0.102. The largest absolute Gasteiger partial charge is 0.323 e. The van der Waals surface area contributed by atoms with Gasteiger partial charge in [-0.05, 0) is 53.6 Å². The van der Waals surface area contributed by atoms with Gasteiger partial charge in [-0.2, -0.15) is 5.10 Å². The normalized spacial score (nSPS) is 11.0. The summed E-state index contributed by atoms with van der Waals surface area (Å²) in [4.78, 5) is 16.6. The number of benzene rings is 2. The highest BCUT2D eigenvalue weighted by molar-refractivity contribution is 6.06. The van der Waals surface area contributed by atoms with Crippen LogP contribution in [0.25, 0.3) is 10.8 Å². The van der Waals surface area contributed by atoms with Gasteiger partial charge in [0.25, 0.3) is 5.91 Å². The van der Waals surface area contributed by atoms with E-state index in [4.69, 9.17) is 5.84 Å².